The maximum absolute atomic E-state index is 5.31. The molecule has 2 heterocycles. The second-order valence-electron chi connectivity index (χ2n) is 4.31. The summed E-state index contributed by atoms with van der Waals surface area (Å²) in [4.78, 5) is 4.45. The van der Waals surface area contributed by atoms with Crippen LogP contribution in [-0.4, -0.2) is 34.2 Å². The van der Waals surface area contributed by atoms with Crippen molar-refractivity contribution in [1.82, 2.24) is 15.5 Å². The largest absolute Gasteiger partial charge is 0.339 e. The molecule has 1 aromatic heterocycles. The van der Waals surface area contributed by atoms with Gasteiger partial charge in [-0.3, -0.25) is 0 Å². The summed E-state index contributed by atoms with van der Waals surface area (Å²) in [5.41, 5.74) is 0.999. The van der Waals surface area contributed by atoms with Crippen LogP contribution >= 0.6 is 11.8 Å². The molecule has 0 radical (unpaired) electrons. The minimum absolute atomic E-state index is 0.452. The number of aromatic nitrogens is 2. The summed E-state index contributed by atoms with van der Waals surface area (Å²) in [7, 11) is 0. The van der Waals surface area contributed by atoms with E-state index < -0.39 is 0 Å². The Kier molecular flexibility index (Phi) is 3.61. The molecule has 1 fully saturated rings. The van der Waals surface area contributed by atoms with Crippen molar-refractivity contribution < 1.29 is 4.52 Å². The summed E-state index contributed by atoms with van der Waals surface area (Å²) in [6.45, 7) is 1.06. The van der Waals surface area contributed by atoms with E-state index in [2.05, 4.69) is 15.5 Å². The molecule has 4 nitrogen and oxygen atoms in total. The monoisotopic (exact) mass is 261 g/mol. The second-order valence-corrected chi connectivity index (χ2v) is 5.46. The summed E-state index contributed by atoms with van der Waals surface area (Å²) < 4.78 is 5.31. The molecular formula is C13H15N3OS. The van der Waals surface area contributed by atoms with Crippen molar-refractivity contribution in [1.29, 1.82) is 0 Å². The third-order valence-electron chi connectivity index (χ3n) is 2.92. The standard InChI is InChI=1S/C13H15N3OS/c1-2-4-10(5-3-1)13-15-12(17-16-13)8-11-9-18-7-6-14-11/h1-5,11,14H,6-9H2. The molecule has 3 rings (SSSR count). The Bertz CT molecular complexity index is 494. The van der Waals surface area contributed by atoms with E-state index in [-0.39, 0.29) is 0 Å². The Labute approximate surface area is 110 Å². The smallest absolute Gasteiger partial charge is 0.228 e. The predicted molar refractivity (Wildman–Crippen MR) is 72.6 cm³/mol. The number of benzene rings is 1. The predicted octanol–water partition coefficient (Wildman–Crippen LogP) is 1.98. The summed E-state index contributed by atoms with van der Waals surface area (Å²) in [6.07, 6.45) is 0.812. The van der Waals surface area contributed by atoms with E-state index in [1.807, 2.05) is 42.1 Å². The molecule has 1 aromatic carbocycles. The highest BCUT2D eigenvalue weighted by Crippen LogP contribution is 2.17. The van der Waals surface area contributed by atoms with Gasteiger partial charge in [-0.05, 0) is 0 Å². The molecule has 0 saturated carbocycles. The van der Waals surface area contributed by atoms with Gasteiger partial charge in [0.2, 0.25) is 11.7 Å². The van der Waals surface area contributed by atoms with E-state index in [1.165, 1.54) is 5.75 Å². The van der Waals surface area contributed by atoms with Gasteiger partial charge in [0.15, 0.2) is 0 Å². The average Bonchev–Trinajstić information content (AvgIpc) is 2.89. The Morgan fingerprint density at radius 2 is 2.22 bits per heavy atom. The Morgan fingerprint density at radius 1 is 1.33 bits per heavy atom. The average molecular weight is 261 g/mol. The second kappa shape index (κ2) is 5.54. The fraction of sp³-hybridized carbons (Fsp3) is 0.385. The zero-order valence-corrected chi connectivity index (χ0v) is 10.8. The SMILES string of the molecule is c1ccc(-c2noc(CC3CSCCN3)n2)cc1. The maximum Gasteiger partial charge on any atom is 0.228 e. The quantitative estimate of drug-likeness (QED) is 0.915. The third-order valence-corrected chi connectivity index (χ3v) is 4.05. The van der Waals surface area contributed by atoms with Gasteiger partial charge in [0.25, 0.3) is 0 Å². The van der Waals surface area contributed by atoms with Crippen molar-refractivity contribution in [3.8, 4) is 11.4 Å². The molecule has 1 atom stereocenters. The molecule has 1 aliphatic rings. The molecule has 5 heteroatoms. The van der Waals surface area contributed by atoms with Crippen LogP contribution in [-0.2, 0) is 6.42 Å². The fourth-order valence-corrected chi connectivity index (χ4v) is 2.95. The van der Waals surface area contributed by atoms with Crippen LogP contribution in [0.4, 0.5) is 0 Å². The van der Waals surface area contributed by atoms with Crippen molar-refractivity contribution in [3.63, 3.8) is 0 Å². The van der Waals surface area contributed by atoms with Crippen LogP contribution in [0.2, 0.25) is 0 Å². The molecule has 94 valence electrons. The first-order chi connectivity index (χ1) is 8.92. The number of rotatable bonds is 3. The van der Waals surface area contributed by atoms with E-state index in [0.29, 0.717) is 17.8 Å². The highest BCUT2D eigenvalue weighted by molar-refractivity contribution is 7.99. The summed E-state index contributed by atoms with van der Waals surface area (Å²) in [6, 6.07) is 10.4. The van der Waals surface area contributed by atoms with Crippen molar-refractivity contribution in [2.45, 2.75) is 12.5 Å². The third kappa shape index (κ3) is 2.73. The lowest BCUT2D eigenvalue weighted by molar-refractivity contribution is 0.363. The van der Waals surface area contributed by atoms with Gasteiger partial charge in [-0.15, -0.1) is 0 Å². The normalized spacial score (nSPS) is 19.9. The number of hydrogen-bond acceptors (Lipinski definition) is 5. The molecule has 0 bridgehead atoms. The van der Waals surface area contributed by atoms with Gasteiger partial charge in [-0.1, -0.05) is 35.5 Å². The molecule has 1 saturated heterocycles. The fourth-order valence-electron chi connectivity index (χ4n) is 2.00. The first-order valence-corrected chi connectivity index (χ1v) is 7.26. The van der Waals surface area contributed by atoms with E-state index in [4.69, 9.17) is 4.52 Å². The lowest BCUT2D eigenvalue weighted by Crippen LogP contribution is -2.38. The minimum atomic E-state index is 0.452. The van der Waals surface area contributed by atoms with Gasteiger partial charge < -0.3 is 9.84 Å². The number of nitrogens with zero attached hydrogens (tertiary/aromatic N) is 2. The van der Waals surface area contributed by atoms with Crippen molar-refractivity contribution in [2.24, 2.45) is 0 Å². The van der Waals surface area contributed by atoms with E-state index >= 15 is 0 Å². The molecular weight excluding hydrogens is 246 g/mol. The van der Waals surface area contributed by atoms with Crippen LogP contribution in [0.1, 0.15) is 5.89 Å². The van der Waals surface area contributed by atoms with Crippen molar-refractivity contribution >= 4 is 11.8 Å². The number of nitrogens with one attached hydrogen (secondary N) is 1. The lowest BCUT2D eigenvalue weighted by Gasteiger charge is -2.21. The first kappa shape index (κ1) is 11.7. The molecule has 18 heavy (non-hydrogen) atoms. The summed E-state index contributed by atoms with van der Waals surface area (Å²) in [5, 5.41) is 7.50. The van der Waals surface area contributed by atoms with E-state index in [1.54, 1.807) is 0 Å². The molecule has 0 aliphatic carbocycles. The summed E-state index contributed by atoms with van der Waals surface area (Å²) >= 11 is 1.97. The van der Waals surface area contributed by atoms with E-state index in [0.717, 1.165) is 24.3 Å². The zero-order chi connectivity index (χ0) is 12.2. The van der Waals surface area contributed by atoms with E-state index in [9.17, 15) is 0 Å². The molecule has 2 aromatic rings. The lowest BCUT2D eigenvalue weighted by atomic mass is 10.2. The maximum atomic E-state index is 5.31. The Morgan fingerprint density at radius 3 is 3.00 bits per heavy atom. The summed E-state index contributed by atoms with van der Waals surface area (Å²) in [5.74, 6) is 3.70. The number of hydrogen-bond donors (Lipinski definition) is 1. The van der Waals surface area contributed by atoms with Crippen LogP contribution in [0.25, 0.3) is 11.4 Å². The van der Waals surface area contributed by atoms with Crippen LogP contribution in [0.5, 0.6) is 0 Å². The Hall–Kier alpha value is -1.33. The van der Waals surface area contributed by atoms with Crippen LogP contribution in [0.15, 0.2) is 34.9 Å². The van der Waals surface area contributed by atoms with Gasteiger partial charge >= 0.3 is 0 Å². The van der Waals surface area contributed by atoms with Gasteiger partial charge in [-0.2, -0.15) is 16.7 Å². The van der Waals surface area contributed by atoms with Gasteiger partial charge in [0, 0.05) is 36.1 Å². The molecule has 0 spiro atoms. The molecule has 1 unspecified atom stereocenters. The van der Waals surface area contributed by atoms with Gasteiger partial charge in [-0.25, -0.2) is 0 Å². The van der Waals surface area contributed by atoms with Crippen molar-refractivity contribution in [3.05, 3.63) is 36.2 Å². The minimum Gasteiger partial charge on any atom is -0.339 e. The number of thioether (sulfide) groups is 1. The zero-order valence-electron chi connectivity index (χ0n) is 10.0. The first-order valence-electron chi connectivity index (χ1n) is 6.11. The highest BCUT2D eigenvalue weighted by atomic mass is 32.2. The van der Waals surface area contributed by atoms with Crippen LogP contribution in [0, 0.1) is 0 Å². The Balaban J connectivity index is 1.69. The van der Waals surface area contributed by atoms with Gasteiger partial charge in [0.05, 0.1) is 0 Å². The molecule has 1 N–H and O–H groups in total. The van der Waals surface area contributed by atoms with Gasteiger partial charge in [0.1, 0.15) is 0 Å². The topological polar surface area (TPSA) is 51.0 Å². The molecule has 0 amide bonds. The van der Waals surface area contributed by atoms with Crippen molar-refractivity contribution in [2.75, 3.05) is 18.1 Å². The highest BCUT2D eigenvalue weighted by Gasteiger charge is 2.17. The molecule has 1 aliphatic heterocycles. The van der Waals surface area contributed by atoms with Crippen LogP contribution in [0.3, 0.4) is 0 Å². The van der Waals surface area contributed by atoms with Crippen LogP contribution < -0.4 is 5.32 Å².